The summed E-state index contributed by atoms with van der Waals surface area (Å²) in [5, 5.41) is 3.97. The van der Waals surface area contributed by atoms with Crippen LogP contribution in [0.5, 0.6) is 5.75 Å². The first kappa shape index (κ1) is 27.7. The van der Waals surface area contributed by atoms with E-state index in [1.54, 1.807) is 0 Å². The van der Waals surface area contributed by atoms with Crippen LogP contribution in [0, 0.1) is 0 Å². The van der Waals surface area contributed by atoms with Crippen LogP contribution in [0.1, 0.15) is 28.8 Å². The highest BCUT2D eigenvalue weighted by Crippen LogP contribution is 2.36. The van der Waals surface area contributed by atoms with Crippen LogP contribution in [0.3, 0.4) is 0 Å². The van der Waals surface area contributed by atoms with Gasteiger partial charge in [-0.25, -0.2) is 9.48 Å². The molecule has 0 spiro atoms. The number of halogens is 3. The largest absolute Gasteiger partial charge is 0.490 e. The van der Waals surface area contributed by atoms with E-state index in [9.17, 15) is 22.8 Å². The molecule has 0 unspecified atom stereocenters. The normalized spacial score (nSPS) is 16.3. The molecule has 0 bridgehead atoms. The molecule has 9 nitrogen and oxygen atoms in total. The number of esters is 1. The predicted molar refractivity (Wildman–Crippen MR) is 129 cm³/mol. The molecule has 13 heteroatoms. The number of nitrogens with zero attached hydrogens (tertiary/aromatic N) is 4. The molecule has 1 aliphatic rings. The molecule has 0 radical (unpaired) electrons. The van der Waals surface area contributed by atoms with Crippen molar-refractivity contribution in [2.75, 3.05) is 31.8 Å². The zero-order valence-corrected chi connectivity index (χ0v) is 21.8. The van der Waals surface area contributed by atoms with Gasteiger partial charge >= 0.3 is 12.1 Å². The summed E-state index contributed by atoms with van der Waals surface area (Å²) >= 11 is 0. The highest BCUT2D eigenvalue weighted by Gasteiger charge is 2.41. The van der Waals surface area contributed by atoms with E-state index in [1.807, 2.05) is 0 Å². The molecule has 198 valence electrons. The number of alkyl halides is 3. The third-order valence-electron chi connectivity index (χ3n) is 5.78. The first-order chi connectivity index (χ1) is 16.9. The number of methoxy groups -OCH3 is 1. The Labute approximate surface area is 208 Å². The maximum atomic E-state index is 14.0. The van der Waals surface area contributed by atoms with Crippen molar-refractivity contribution in [1.82, 2.24) is 14.8 Å². The zero-order chi connectivity index (χ0) is 26.5. The lowest BCUT2D eigenvalue weighted by molar-refractivity contribution is -0.138. The van der Waals surface area contributed by atoms with Crippen molar-refractivity contribution in [3.8, 4) is 5.75 Å². The van der Waals surface area contributed by atoms with Crippen molar-refractivity contribution in [1.29, 1.82) is 0 Å². The number of hydrogen-bond donors (Lipinski definition) is 0. The number of pyridine rings is 1. The van der Waals surface area contributed by atoms with Crippen molar-refractivity contribution in [3.63, 3.8) is 0 Å². The third-order valence-corrected chi connectivity index (χ3v) is 7.48. The smallest absolute Gasteiger partial charge is 0.423 e. The molecule has 3 heterocycles. The van der Waals surface area contributed by atoms with Crippen LogP contribution in [0.2, 0.25) is 25.7 Å². The lowest BCUT2D eigenvalue weighted by Gasteiger charge is -2.29. The van der Waals surface area contributed by atoms with E-state index in [0.717, 1.165) is 12.2 Å². The molecule has 1 atom stereocenters. The maximum absolute atomic E-state index is 14.0. The van der Waals surface area contributed by atoms with Gasteiger partial charge in [0, 0.05) is 27.4 Å². The van der Waals surface area contributed by atoms with Crippen LogP contribution >= 0.6 is 0 Å². The number of aromatic nitrogens is 3. The quantitative estimate of drug-likeness (QED) is 0.261. The number of carbonyl (C=O) groups excluding carboxylic acids is 1. The number of ether oxygens (including phenoxy) is 3. The topological polar surface area (TPSA) is 95.8 Å². The zero-order valence-electron chi connectivity index (χ0n) is 20.8. The van der Waals surface area contributed by atoms with Gasteiger partial charge in [-0.1, -0.05) is 19.6 Å². The number of rotatable bonds is 10. The molecule has 1 saturated heterocycles. The van der Waals surface area contributed by atoms with Gasteiger partial charge in [-0.15, -0.1) is 0 Å². The van der Waals surface area contributed by atoms with Crippen molar-refractivity contribution in [3.05, 3.63) is 46.1 Å². The molecule has 0 saturated carbocycles. The molecule has 3 rings (SSSR count). The Morgan fingerprint density at radius 2 is 1.97 bits per heavy atom. The van der Waals surface area contributed by atoms with E-state index >= 15 is 0 Å². The van der Waals surface area contributed by atoms with Crippen LogP contribution < -0.4 is 15.2 Å². The van der Waals surface area contributed by atoms with Gasteiger partial charge in [0.2, 0.25) is 0 Å². The van der Waals surface area contributed by atoms with Gasteiger partial charge < -0.3 is 19.1 Å². The van der Waals surface area contributed by atoms with Crippen LogP contribution in [0.4, 0.5) is 18.9 Å². The molecule has 0 aliphatic carbocycles. The minimum atomic E-state index is -4.87. The second-order valence-corrected chi connectivity index (χ2v) is 15.4. The summed E-state index contributed by atoms with van der Waals surface area (Å²) in [5.41, 5.74) is -2.60. The Morgan fingerprint density at radius 1 is 1.22 bits per heavy atom. The van der Waals surface area contributed by atoms with Gasteiger partial charge in [-0.3, -0.25) is 9.78 Å². The lowest BCUT2D eigenvalue weighted by Crippen LogP contribution is -2.40. The van der Waals surface area contributed by atoms with E-state index in [1.165, 1.54) is 30.5 Å². The van der Waals surface area contributed by atoms with E-state index in [0.29, 0.717) is 30.7 Å². The fourth-order valence-electron chi connectivity index (χ4n) is 3.83. The summed E-state index contributed by atoms with van der Waals surface area (Å²) in [6, 6.07) is 1.84. The summed E-state index contributed by atoms with van der Waals surface area (Å²) in [6.45, 7) is 6.81. The summed E-state index contributed by atoms with van der Waals surface area (Å²) < 4.78 is 58.7. The molecule has 0 aromatic carbocycles. The van der Waals surface area contributed by atoms with Crippen molar-refractivity contribution in [2.45, 2.75) is 57.5 Å². The van der Waals surface area contributed by atoms with E-state index in [-0.39, 0.29) is 30.3 Å². The molecule has 0 N–H and O–H groups in total. The van der Waals surface area contributed by atoms with Crippen LogP contribution in [0.25, 0.3) is 0 Å². The molecule has 0 amide bonds. The average Bonchev–Trinajstić information content (AvgIpc) is 3.27. The van der Waals surface area contributed by atoms with Gasteiger partial charge in [-0.05, 0) is 25.0 Å². The van der Waals surface area contributed by atoms with E-state index < -0.39 is 37.4 Å². The SMILES string of the molecule is COC(=O)c1cncc(OC[C@@H]2CCCN2c2cnn(COCC[Si](C)(C)C)c(=O)c2C(F)(F)F)c1. The van der Waals surface area contributed by atoms with Crippen LogP contribution in [-0.2, 0) is 22.4 Å². The predicted octanol–water partition coefficient (Wildman–Crippen LogP) is 3.80. The monoisotopic (exact) mass is 528 g/mol. The second kappa shape index (κ2) is 11.4. The second-order valence-electron chi connectivity index (χ2n) is 9.76. The van der Waals surface area contributed by atoms with Gasteiger partial charge in [-0.2, -0.15) is 18.3 Å². The summed E-state index contributed by atoms with van der Waals surface area (Å²) in [4.78, 5) is 29.9. The first-order valence-electron chi connectivity index (χ1n) is 11.6. The molecule has 1 aliphatic heterocycles. The fraction of sp³-hybridized carbons (Fsp3) is 0.565. The van der Waals surface area contributed by atoms with E-state index in [2.05, 4.69) is 34.5 Å². The summed E-state index contributed by atoms with van der Waals surface area (Å²) in [5.74, 6) is -0.300. The Balaban J connectivity index is 1.78. The standard InChI is InChI=1S/C23H31F3N4O5Si/c1-33-22(32)16-10-18(12-27-11-16)35-14-17-6-5-7-29(17)19-13-28-30(15-34-8-9-36(2,3)4)21(31)20(19)23(24,25)26/h10-13,17H,5-9,14-15H2,1-4H3/t17-/m0/s1. The highest BCUT2D eigenvalue weighted by atomic mass is 28.3. The first-order valence-corrected chi connectivity index (χ1v) is 15.3. The minimum absolute atomic E-state index is 0.0342. The molecular formula is C23H31F3N4O5Si. The lowest BCUT2D eigenvalue weighted by atomic mass is 10.2. The number of carbonyl (C=O) groups is 1. The average molecular weight is 529 g/mol. The summed E-state index contributed by atoms with van der Waals surface area (Å²) in [7, 11) is -0.144. The Hall–Kier alpha value is -2.93. The number of hydrogen-bond acceptors (Lipinski definition) is 8. The molecule has 2 aromatic rings. The van der Waals surface area contributed by atoms with Crippen molar-refractivity contribution < 1.29 is 32.2 Å². The Kier molecular flexibility index (Phi) is 8.77. The van der Waals surface area contributed by atoms with Gasteiger partial charge in [0.05, 0.1) is 36.8 Å². The van der Waals surface area contributed by atoms with Gasteiger partial charge in [0.15, 0.2) is 0 Å². The molecule has 1 fully saturated rings. The molecule has 36 heavy (non-hydrogen) atoms. The Morgan fingerprint density at radius 3 is 2.64 bits per heavy atom. The number of anilines is 1. The van der Waals surface area contributed by atoms with Crippen molar-refractivity contribution in [2.24, 2.45) is 0 Å². The van der Waals surface area contributed by atoms with Gasteiger partial charge in [0.1, 0.15) is 24.7 Å². The van der Waals surface area contributed by atoms with Crippen molar-refractivity contribution >= 4 is 19.7 Å². The minimum Gasteiger partial charge on any atom is -0.490 e. The van der Waals surface area contributed by atoms with Crippen LogP contribution in [-0.4, -0.2) is 61.7 Å². The fourth-order valence-corrected chi connectivity index (χ4v) is 4.59. The Bertz CT molecular complexity index is 1120. The van der Waals surface area contributed by atoms with Crippen LogP contribution in [0.15, 0.2) is 29.5 Å². The summed E-state index contributed by atoms with van der Waals surface area (Å²) in [6.07, 6.45) is 0.106. The molecule has 2 aromatic heterocycles. The van der Waals surface area contributed by atoms with Gasteiger partial charge in [0.25, 0.3) is 5.56 Å². The molecular weight excluding hydrogens is 497 g/mol. The highest BCUT2D eigenvalue weighted by molar-refractivity contribution is 6.76. The van der Waals surface area contributed by atoms with E-state index in [4.69, 9.17) is 9.47 Å². The maximum Gasteiger partial charge on any atom is 0.423 e. The third kappa shape index (κ3) is 7.06.